The number of hydrogen-bond donors (Lipinski definition) is 0. The van der Waals surface area contributed by atoms with Crippen molar-refractivity contribution in [2.24, 2.45) is 0 Å². The van der Waals surface area contributed by atoms with Gasteiger partial charge in [-0.2, -0.15) is 5.10 Å². The highest BCUT2D eigenvalue weighted by molar-refractivity contribution is 6.31. The van der Waals surface area contributed by atoms with Gasteiger partial charge in [-0.25, -0.2) is 13.9 Å². The molecule has 4 rings (SSSR count). The second-order valence-electron chi connectivity index (χ2n) is 4.98. The molecule has 0 unspecified atom stereocenters. The van der Waals surface area contributed by atoms with Crippen LogP contribution in [0.5, 0.6) is 0 Å². The summed E-state index contributed by atoms with van der Waals surface area (Å²) in [5, 5.41) is 4.20. The fourth-order valence-corrected chi connectivity index (χ4v) is 2.63. The molecular formula is C17H10ClFN4. The molecule has 1 aromatic carbocycles. The van der Waals surface area contributed by atoms with E-state index in [0.29, 0.717) is 5.69 Å². The second kappa shape index (κ2) is 5.44. The van der Waals surface area contributed by atoms with Gasteiger partial charge in [0, 0.05) is 29.6 Å². The molecule has 23 heavy (non-hydrogen) atoms. The number of aromatic nitrogens is 4. The van der Waals surface area contributed by atoms with Crippen LogP contribution in [-0.4, -0.2) is 19.6 Å². The lowest BCUT2D eigenvalue weighted by molar-refractivity contribution is 0.628. The fraction of sp³-hybridized carbons (Fsp3) is 0. The SMILES string of the molecule is Fc1ccc(-c2ncccc2-c2ccn3nccc3n2)cc1Cl. The molecule has 0 saturated heterocycles. The van der Waals surface area contributed by atoms with Crippen molar-refractivity contribution in [3.63, 3.8) is 0 Å². The van der Waals surface area contributed by atoms with Crippen molar-refractivity contribution in [3.05, 3.63) is 71.9 Å². The minimum atomic E-state index is -0.452. The Morgan fingerprint density at radius 3 is 2.83 bits per heavy atom. The normalized spacial score (nSPS) is 11.0. The Morgan fingerprint density at radius 1 is 1.04 bits per heavy atom. The molecule has 0 fully saturated rings. The molecule has 0 aliphatic rings. The third-order valence-corrected chi connectivity index (χ3v) is 3.82. The third-order valence-electron chi connectivity index (χ3n) is 3.53. The van der Waals surface area contributed by atoms with E-state index in [2.05, 4.69) is 15.1 Å². The van der Waals surface area contributed by atoms with E-state index in [1.807, 2.05) is 30.5 Å². The number of rotatable bonds is 2. The van der Waals surface area contributed by atoms with Crippen LogP contribution in [0.1, 0.15) is 0 Å². The maximum absolute atomic E-state index is 13.4. The molecule has 0 spiro atoms. The van der Waals surface area contributed by atoms with Crippen LogP contribution in [0.4, 0.5) is 4.39 Å². The van der Waals surface area contributed by atoms with Crippen molar-refractivity contribution < 1.29 is 4.39 Å². The Morgan fingerprint density at radius 2 is 1.96 bits per heavy atom. The summed E-state index contributed by atoms with van der Waals surface area (Å²) in [5.41, 5.74) is 3.79. The van der Waals surface area contributed by atoms with Crippen molar-refractivity contribution in [2.45, 2.75) is 0 Å². The first-order valence-electron chi connectivity index (χ1n) is 6.93. The molecule has 0 saturated carbocycles. The molecule has 0 aliphatic heterocycles. The van der Waals surface area contributed by atoms with E-state index in [4.69, 9.17) is 11.6 Å². The van der Waals surface area contributed by atoms with Crippen LogP contribution >= 0.6 is 11.6 Å². The van der Waals surface area contributed by atoms with E-state index in [0.717, 1.165) is 22.5 Å². The minimum Gasteiger partial charge on any atom is -0.256 e. The zero-order chi connectivity index (χ0) is 15.8. The Balaban J connectivity index is 1.90. The van der Waals surface area contributed by atoms with Crippen LogP contribution in [-0.2, 0) is 0 Å². The first kappa shape index (κ1) is 13.8. The Kier molecular flexibility index (Phi) is 3.28. The van der Waals surface area contributed by atoms with E-state index in [1.165, 1.54) is 6.07 Å². The lowest BCUT2D eigenvalue weighted by Gasteiger charge is -2.09. The van der Waals surface area contributed by atoms with Gasteiger partial charge in [0.05, 0.1) is 22.6 Å². The van der Waals surface area contributed by atoms with E-state index in [9.17, 15) is 4.39 Å². The molecule has 3 aromatic heterocycles. The highest BCUT2D eigenvalue weighted by Crippen LogP contribution is 2.31. The quantitative estimate of drug-likeness (QED) is 0.553. The van der Waals surface area contributed by atoms with Gasteiger partial charge in [-0.05, 0) is 36.4 Å². The summed E-state index contributed by atoms with van der Waals surface area (Å²) < 4.78 is 15.1. The summed E-state index contributed by atoms with van der Waals surface area (Å²) in [6, 6.07) is 12.0. The van der Waals surface area contributed by atoms with E-state index >= 15 is 0 Å². The zero-order valence-corrected chi connectivity index (χ0v) is 12.6. The number of pyridine rings is 1. The van der Waals surface area contributed by atoms with Gasteiger partial charge in [0.15, 0.2) is 5.65 Å². The molecule has 0 atom stereocenters. The molecule has 112 valence electrons. The van der Waals surface area contributed by atoms with Crippen LogP contribution in [0.3, 0.4) is 0 Å². The molecule has 0 amide bonds. The molecule has 4 aromatic rings. The number of benzene rings is 1. The second-order valence-corrected chi connectivity index (χ2v) is 5.38. The highest BCUT2D eigenvalue weighted by Gasteiger charge is 2.12. The van der Waals surface area contributed by atoms with Crippen LogP contribution in [0.2, 0.25) is 5.02 Å². The maximum atomic E-state index is 13.4. The standard InChI is InChI=1S/C17H10ClFN4/c18-13-10-11(3-4-14(13)19)17-12(2-1-7-20-17)15-6-9-23-16(22-15)5-8-21-23/h1-10H. The summed E-state index contributed by atoms with van der Waals surface area (Å²) in [7, 11) is 0. The average molecular weight is 325 g/mol. The third kappa shape index (κ3) is 2.45. The Hall–Kier alpha value is -2.79. The first-order valence-corrected chi connectivity index (χ1v) is 7.31. The summed E-state index contributed by atoms with van der Waals surface area (Å²) in [6.45, 7) is 0. The maximum Gasteiger partial charge on any atom is 0.155 e. The van der Waals surface area contributed by atoms with E-state index < -0.39 is 5.82 Å². The summed E-state index contributed by atoms with van der Waals surface area (Å²) in [6.07, 6.45) is 5.22. The molecule has 0 aliphatic carbocycles. The van der Waals surface area contributed by atoms with Crippen molar-refractivity contribution in [3.8, 4) is 22.5 Å². The van der Waals surface area contributed by atoms with Gasteiger partial charge in [-0.15, -0.1) is 0 Å². The van der Waals surface area contributed by atoms with E-state index in [1.54, 1.807) is 29.0 Å². The van der Waals surface area contributed by atoms with E-state index in [-0.39, 0.29) is 5.02 Å². The van der Waals surface area contributed by atoms with Crippen LogP contribution < -0.4 is 0 Å². The predicted octanol–water partition coefficient (Wildman–Crippen LogP) is 4.25. The van der Waals surface area contributed by atoms with Crippen LogP contribution in [0.15, 0.2) is 61.1 Å². The average Bonchev–Trinajstić information content (AvgIpc) is 3.05. The molecular weight excluding hydrogens is 315 g/mol. The van der Waals surface area contributed by atoms with Crippen molar-refractivity contribution in [1.82, 2.24) is 19.6 Å². The topological polar surface area (TPSA) is 43.1 Å². The van der Waals surface area contributed by atoms with Gasteiger partial charge in [-0.3, -0.25) is 4.98 Å². The number of hydrogen-bond acceptors (Lipinski definition) is 3. The number of fused-ring (bicyclic) bond motifs is 1. The predicted molar refractivity (Wildman–Crippen MR) is 86.6 cm³/mol. The monoisotopic (exact) mass is 324 g/mol. The molecule has 0 radical (unpaired) electrons. The summed E-state index contributed by atoms with van der Waals surface area (Å²) in [5.74, 6) is -0.452. The minimum absolute atomic E-state index is 0.0679. The van der Waals surface area contributed by atoms with Crippen molar-refractivity contribution >= 4 is 17.2 Å². The Labute approximate surface area is 136 Å². The van der Waals surface area contributed by atoms with Gasteiger partial charge in [0.1, 0.15) is 5.82 Å². The molecule has 4 nitrogen and oxygen atoms in total. The molecule has 3 heterocycles. The number of halogens is 2. The van der Waals surface area contributed by atoms with Crippen LogP contribution in [0.25, 0.3) is 28.2 Å². The first-order chi connectivity index (χ1) is 11.2. The fourth-order valence-electron chi connectivity index (χ4n) is 2.45. The summed E-state index contributed by atoms with van der Waals surface area (Å²) >= 11 is 5.90. The molecule has 0 N–H and O–H groups in total. The van der Waals surface area contributed by atoms with Gasteiger partial charge in [0.25, 0.3) is 0 Å². The molecule has 0 bridgehead atoms. The molecule has 6 heteroatoms. The lowest BCUT2D eigenvalue weighted by Crippen LogP contribution is -1.95. The zero-order valence-electron chi connectivity index (χ0n) is 11.8. The smallest absolute Gasteiger partial charge is 0.155 e. The highest BCUT2D eigenvalue weighted by atomic mass is 35.5. The van der Waals surface area contributed by atoms with Gasteiger partial charge in [-0.1, -0.05) is 11.6 Å². The van der Waals surface area contributed by atoms with Crippen molar-refractivity contribution in [2.75, 3.05) is 0 Å². The Bertz CT molecular complexity index is 1010. The summed E-state index contributed by atoms with van der Waals surface area (Å²) in [4.78, 5) is 9.01. The van der Waals surface area contributed by atoms with Gasteiger partial charge in [0.2, 0.25) is 0 Å². The lowest BCUT2D eigenvalue weighted by atomic mass is 10.0. The van der Waals surface area contributed by atoms with Crippen LogP contribution in [0, 0.1) is 5.82 Å². The van der Waals surface area contributed by atoms with Crippen molar-refractivity contribution in [1.29, 1.82) is 0 Å². The number of nitrogens with zero attached hydrogens (tertiary/aromatic N) is 4. The van der Waals surface area contributed by atoms with Gasteiger partial charge >= 0.3 is 0 Å². The van der Waals surface area contributed by atoms with Gasteiger partial charge < -0.3 is 0 Å². The largest absolute Gasteiger partial charge is 0.256 e.